The Labute approximate surface area is 188 Å². The van der Waals surface area contributed by atoms with E-state index in [-0.39, 0.29) is 19.0 Å². The minimum atomic E-state index is -1.73. The Balaban J connectivity index is 1.65. The molecule has 32 heavy (non-hydrogen) atoms. The van der Waals surface area contributed by atoms with E-state index in [4.69, 9.17) is 9.16 Å². The first kappa shape index (κ1) is 23.9. The highest BCUT2D eigenvalue weighted by Crippen LogP contribution is 2.26. The van der Waals surface area contributed by atoms with Gasteiger partial charge < -0.3 is 19.0 Å². The van der Waals surface area contributed by atoms with Crippen molar-refractivity contribution in [2.75, 3.05) is 18.0 Å². The van der Waals surface area contributed by atoms with Crippen molar-refractivity contribution in [1.29, 1.82) is 0 Å². The van der Waals surface area contributed by atoms with Crippen LogP contribution in [0.1, 0.15) is 32.4 Å². The lowest BCUT2D eigenvalue weighted by Crippen LogP contribution is -2.33. The van der Waals surface area contributed by atoms with Gasteiger partial charge in [0.1, 0.15) is 11.9 Å². The van der Waals surface area contributed by atoms with Gasteiger partial charge in [-0.05, 0) is 37.3 Å². The number of amides is 2. The highest BCUT2D eigenvalue weighted by atomic mass is 28.4. The van der Waals surface area contributed by atoms with Crippen molar-refractivity contribution in [3.63, 3.8) is 0 Å². The second-order valence-corrected chi connectivity index (χ2v) is 12.9. The van der Waals surface area contributed by atoms with Gasteiger partial charge in [-0.2, -0.15) is 0 Å². The van der Waals surface area contributed by atoms with E-state index in [1.54, 1.807) is 29.2 Å². The van der Waals surface area contributed by atoms with Crippen LogP contribution in [0.15, 0.2) is 30.7 Å². The Morgan fingerprint density at radius 2 is 2.19 bits per heavy atom. The fourth-order valence-corrected chi connectivity index (χ4v) is 5.37. The van der Waals surface area contributed by atoms with Crippen LogP contribution in [-0.2, 0) is 20.6 Å². The molecule has 1 aromatic heterocycles. The van der Waals surface area contributed by atoms with E-state index in [9.17, 15) is 14.0 Å². The molecule has 2 aromatic rings. The monoisotopic (exact) mass is 462 g/mol. The van der Waals surface area contributed by atoms with Crippen molar-refractivity contribution in [2.24, 2.45) is 0 Å². The van der Waals surface area contributed by atoms with Gasteiger partial charge in [-0.3, -0.25) is 9.69 Å². The lowest BCUT2D eigenvalue weighted by molar-refractivity contribution is -0.119. The number of nitrogens with one attached hydrogen (secondary N) is 1. The number of ether oxygens (including phenoxy) is 1. The van der Waals surface area contributed by atoms with Crippen molar-refractivity contribution < 1.29 is 23.1 Å². The zero-order valence-electron chi connectivity index (χ0n) is 19.1. The van der Waals surface area contributed by atoms with E-state index in [1.165, 1.54) is 17.9 Å². The van der Waals surface area contributed by atoms with Gasteiger partial charge >= 0.3 is 6.09 Å². The van der Waals surface area contributed by atoms with Crippen LogP contribution in [0.3, 0.4) is 0 Å². The quantitative estimate of drug-likeness (QED) is 0.540. The third-order valence-electron chi connectivity index (χ3n) is 5.35. The summed E-state index contributed by atoms with van der Waals surface area (Å²) in [7, 11) is -1.73. The number of unbranched alkanes of at least 4 members (excludes halogenated alkanes) is 1. The zero-order chi connectivity index (χ0) is 23.3. The number of rotatable bonds is 10. The van der Waals surface area contributed by atoms with E-state index in [0.29, 0.717) is 18.0 Å². The number of aromatic nitrogens is 2. The second kappa shape index (κ2) is 10.3. The third-order valence-corrected chi connectivity index (χ3v) is 7.84. The largest absolute Gasteiger partial charge is 0.442 e. The first-order valence-electron chi connectivity index (χ1n) is 10.9. The van der Waals surface area contributed by atoms with Crippen LogP contribution in [0.4, 0.5) is 14.9 Å². The summed E-state index contributed by atoms with van der Waals surface area (Å²) in [6.07, 6.45) is 4.58. The van der Waals surface area contributed by atoms with Crippen LogP contribution in [0, 0.1) is 5.82 Å². The van der Waals surface area contributed by atoms with Crippen LogP contribution in [0.25, 0.3) is 5.69 Å². The van der Waals surface area contributed by atoms with E-state index in [0.717, 1.165) is 24.6 Å². The Kier molecular flexibility index (Phi) is 7.67. The first-order chi connectivity index (χ1) is 15.2. The molecule has 174 valence electrons. The van der Waals surface area contributed by atoms with Gasteiger partial charge in [0.05, 0.1) is 43.1 Å². The molecule has 1 saturated heterocycles. The van der Waals surface area contributed by atoms with Crippen LogP contribution in [0.5, 0.6) is 0 Å². The molecule has 1 atom stereocenters. The lowest BCUT2D eigenvalue weighted by Gasteiger charge is -2.21. The van der Waals surface area contributed by atoms with Crippen LogP contribution < -0.4 is 10.2 Å². The fraction of sp³-hybridized carbons (Fsp3) is 0.500. The molecule has 0 spiro atoms. The van der Waals surface area contributed by atoms with E-state index in [1.807, 2.05) is 0 Å². The third kappa shape index (κ3) is 6.16. The van der Waals surface area contributed by atoms with Gasteiger partial charge in [0.25, 0.3) is 0 Å². The number of hydrogen-bond acceptors (Lipinski definition) is 5. The zero-order valence-corrected chi connectivity index (χ0v) is 20.1. The summed E-state index contributed by atoms with van der Waals surface area (Å²) in [6.45, 7) is 8.82. The van der Waals surface area contributed by atoms with Crippen molar-refractivity contribution in [1.82, 2.24) is 14.9 Å². The molecule has 1 aliphatic rings. The molecule has 0 saturated carbocycles. The molecule has 0 aliphatic carbocycles. The minimum absolute atomic E-state index is 0.202. The molecular formula is C22H31FN4O4Si. The highest BCUT2D eigenvalue weighted by molar-refractivity contribution is 6.71. The minimum Gasteiger partial charge on any atom is -0.442 e. The number of cyclic esters (lactones) is 1. The molecule has 0 bridgehead atoms. The first-order valence-corrected chi connectivity index (χ1v) is 14.0. The average molecular weight is 463 g/mol. The summed E-state index contributed by atoms with van der Waals surface area (Å²) in [6, 6.07) is 5.67. The summed E-state index contributed by atoms with van der Waals surface area (Å²) in [5.74, 6) is -0.685. The summed E-state index contributed by atoms with van der Waals surface area (Å²) >= 11 is 0. The smallest absolute Gasteiger partial charge is 0.414 e. The Bertz CT molecular complexity index is 965. The molecule has 0 unspecified atom stereocenters. The molecule has 2 amide bonds. The molecule has 8 nitrogen and oxygen atoms in total. The van der Waals surface area contributed by atoms with Crippen molar-refractivity contribution in [3.8, 4) is 5.69 Å². The van der Waals surface area contributed by atoms with Gasteiger partial charge in [-0.1, -0.05) is 19.8 Å². The maximum atomic E-state index is 14.9. The molecule has 2 heterocycles. The predicted octanol–water partition coefficient (Wildman–Crippen LogP) is 3.99. The van der Waals surface area contributed by atoms with Gasteiger partial charge in [0, 0.05) is 13.1 Å². The maximum Gasteiger partial charge on any atom is 0.414 e. The van der Waals surface area contributed by atoms with Crippen LogP contribution >= 0.6 is 0 Å². The topological polar surface area (TPSA) is 85.7 Å². The van der Waals surface area contributed by atoms with Crippen LogP contribution in [0.2, 0.25) is 19.1 Å². The number of anilines is 1. The summed E-state index contributed by atoms with van der Waals surface area (Å²) in [5, 5.41) is 2.62. The van der Waals surface area contributed by atoms with E-state index >= 15 is 0 Å². The van der Waals surface area contributed by atoms with E-state index < -0.39 is 26.3 Å². The molecular weight excluding hydrogens is 431 g/mol. The molecule has 1 fully saturated rings. The molecule has 3 rings (SSSR count). The number of carbonyl (C=O) groups excluding carboxylic acids is 2. The Morgan fingerprint density at radius 1 is 1.41 bits per heavy atom. The molecule has 1 aliphatic heterocycles. The second-order valence-electron chi connectivity index (χ2n) is 8.61. The van der Waals surface area contributed by atoms with Crippen LogP contribution in [-0.4, -0.2) is 49.1 Å². The van der Waals surface area contributed by atoms with Crippen molar-refractivity contribution in [2.45, 2.75) is 58.5 Å². The Hall–Kier alpha value is -2.72. The molecule has 1 aromatic carbocycles. The van der Waals surface area contributed by atoms with Gasteiger partial charge in [0.15, 0.2) is 8.32 Å². The van der Waals surface area contributed by atoms with Gasteiger partial charge in [-0.25, -0.2) is 14.2 Å². The van der Waals surface area contributed by atoms with Crippen molar-refractivity contribution in [3.05, 3.63) is 42.2 Å². The number of imidazole rings is 1. The van der Waals surface area contributed by atoms with Gasteiger partial charge in [-0.15, -0.1) is 0 Å². The van der Waals surface area contributed by atoms with Crippen molar-refractivity contribution >= 4 is 26.0 Å². The summed E-state index contributed by atoms with van der Waals surface area (Å²) in [4.78, 5) is 28.9. The number of hydrogen-bond donors (Lipinski definition) is 1. The Morgan fingerprint density at radius 3 is 2.88 bits per heavy atom. The number of halogens is 1. The normalized spacial score (nSPS) is 16.3. The molecule has 10 heteroatoms. The fourth-order valence-electron chi connectivity index (χ4n) is 3.48. The summed E-state index contributed by atoms with van der Waals surface area (Å²) < 4.78 is 27.9. The maximum absolute atomic E-state index is 14.9. The van der Waals surface area contributed by atoms with E-state index in [2.05, 4.69) is 30.3 Å². The number of nitrogens with zero attached hydrogens (tertiary/aromatic N) is 3. The molecule has 0 radical (unpaired) electrons. The average Bonchev–Trinajstić information content (AvgIpc) is 3.36. The summed E-state index contributed by atoms with van der Waals surface area (Å²) in [5.41, 5.74) is 1.47. The lowest BCUT2D eigenvalue weighted by atomic mass is 10.2. The standard InChI is InChI=1S/C22H31FN4O4Si/c1-5-6-9-32(3,4)30-14-17-12-26(15-25-17)21-8-7-18(10-20(21)23)27-13-19(31-22(27)29)11-24-16(2)28/h7-8,10,12,15,19H,5-6,9,11,13-14H2,1-4H3,(H,24,28)/t19-/m0/s1. The highest BCUT2D eigenvalue weighted by Gasteiger charge is 2.32. The predicted molar refractivity (Wildman–Crippen MR) is 122 cm³/mol. The molecule has 1 N–H and O–H groups in total. The van der Waals surface area contributed by atoms with Gasteiger partial charge in [0.2, 0.25) is 5.91 Å². The SMILES string of the molecule is CCCC[Si](C)(C)OCc1cn(-c2ccc(N3C[C@H](CNC(C)=O)OC3=O)cc2F)cn1. The number of carbonyl (C=O) groups is 2. The number of benzene rings is 1.